The van der Waals surface area contributed by atoms with Crippen LogP contribution in [0.2, 0.25) is 0 Å². The van der Waals surface area contributed by atoms with E-state index in [-0.39, 0.29) is 11.8 Å². The standard InChI is InChI=1S/C22H26N2O3/c1-16-6-4-7-18(14-16)21(25)23-10-5-11-24(13-12-23)22(26)19-15-17(2)8-9-20(19)27-3/h4,6-9,14-15H,5,10-13H2,1-3H3. The van der Waals surface area contributed by atoms with Crippen molar-refractivity contribution in [2.45, 2.75) is 20.3 Å². The molecule has 0 aliphatic carbocycles. The quantitative estimate of drug-likeness (QED) is 0.837. The first kappa shape index (κ1) is 19.0. The maximum absolute atomic E-state index is 13.0. The van der Waals surface area contributed by atoms with Gasteiger partial charge in [-0.15, -0.1) is 0 Å². The van der Waals surface area contributed by atoms with Gasteiger partial charge in [0.05, 0.1) is 12.7 Å². The van der Waals surface area contributed by atoms with Crippen LogP contribution in [-0.2, 0) is 0 Å². The van der Waals surface area contributed by atoms with E-state index in [9.17, 15) is 9.59 Å². The van der Waals surface area contributed by atoms with Gasteiger partial charge in [-0.3, -0.25) is 9.59 Å². The maximum atomic E-state index is 13.0. The van der Waals surface area contributed by atoms with E-state index in [0.29, 0.717) is 43.1 Å². The maximum Gasteiger partial charge on any atom is 0.257 e. The molecular formula is C22H26N2O3. The minimum absolute atomic E-state index is 0.0288. The Hall–Kier alpha value is -2.82. The monoisotopic (exact) mass is 366 g/mol. The Kier molecular flexibility index (Phi) is 5.79. The summed E-state index contributed by atoms with van der Waals surface area (Å²) < 4.78 is 5.36. The fraction of sp³-hybridized carbons (Fsp3) is 0.364. The normalized spacial score (nSPS) is 14.6. The molecule has 1 fully saturated rings. The average molecular weight is 366 g/mol. The summed E-state index contributed by atoms with van der Waals surface area (Å²) in [7, 11) is 1.58. The molecule has 27 heavy (non-hydrogen) atoms. The number of carbonyl (C=O) groups excluding carboxylic acids is 2. The Morgan fingerprint density at radius 2 is 1.52 bits per heavy atom. The number of aryl methyl sites for hydroxylation is 2. The van der Waals surface area contributed by atoms with Crippen molar-refractivity contribution in [1.82, 2.24) is 9.80 Å². The van der Waals surface area contributed by atoms with Gasteiger partial charge in [0.2, 0.25) is 0 Å². The van der Waals surface area contributed by atoms with Gasteiger partial charge < -0.3 is 14.5 Å². The number of nitrogens with zero attached hydrogens (tertiary/aromatic N) is 2. The van der Waals surface area contributed by atoms with Crippen molar-refractivity contribution < 1.29 is 14.3 Å². The molecule has 142 valence electrons. The second-order valence-electron chi connectivity index (χ2n) is 7.01. The van der Waals surface area contributed by atoms with Crippen LogP contribution in [0.25, 0.3) is 0 Å². The molecule has 1 aliphatic rings. The molecule has 5 heteroatoms. The largest absolute Gasteiger partial charge is 0.496 e. The molecule has 1 heterocycles. The minimum atomic E-state index is -0.0413. The van der Waals surface area contributed by atoms with Gasteiger partial charge in [-0.25, -0.2) is 0 Å². The summed E-state index contributed by atoms with van der Waals surface area (Å²) >= 11 is 0. The molecule has 0 saturated carbocycles. The van der Waals surface area contributed by atoms with E-state index in [1.807, 2.05) is 66.1 Å². The number of ether oxygens (including phenoxy) is 1. The van der Waals surface area contributed by atoms with Gasteiger partial charge in [0.1, 0.15) is 5.75 Å². The van der Waals surface area contributed by atoms with E-state index in [2.05, 4.69) is 0 Å². The third-order valence-corrected chi connectivity index (χ3v) is 4.92. The first-order valence-corrected chi connectivity index (χ1v) is 9.29. The lowest BCUT2D eigenvalue weighted by Gasteiger charge is -2.23. The molecule has 0 unspecified atom stereocenters. The molecule has 0 spiro atoms. The molecule has 1 aliphatic heterocycles. The lowest BCUT2D eigenvalue weighted by atomic mass is 10.1. The number of hydrogen-bond acceptors (Lipinski definition) is 3. The minimum Gasteiger partial charge on any atom is -0.496 e. The van der Waals surface area contributed by atoms with Crippen LogP contribution >= 0.6 is 0 Å². The summed E-state index contributed by atoms with van der Waals surface area (Å²) in [5.41, 5.74) is 3.37. The summed E-state index contributed by atoms with van der Waals surface area (Å²) in [6, 6.07) is 13.3. The smallest absolute Gasteiger partial charge is 0.257 e. The number of rotatable bonds is 3. The van der Waals surface area contributed by atoms with E-state index in [1.165, 1.54) is 0 Å². The third-order valence-electron chi connectivity index (χ3n) is 4.92. The second kappa shape index (κ2) is 8.25. The predicted molar refractivity (Wildman–Crippen MR) is 105 cm³/mol. The number of amides is 2. The molecule has 5 nitrogen and oxygen atoms in total. The van der Waals surface area contributed by atoms with Gasteiger partial charge >= 0.3 is 0 Å². The number of carbonyl (C=O) groups is 2. The van der Waals surface area contributed by atoms with E-state index >= 15 is 0 Å². The van der Waals surface area contributed by atoms with E-state index in [1.54, 1.807) is 7.11 Å². The Bertz CT molecular complexity index is 847. The van der Waals surface area contributed by atoms with Crippen LogP contribution in [0.4, 0.5) is 0 Å². The fourth-order valence-corrected chi connectivity index (χ4v) is 3.44. The summed E-state index contributed by atoms with van der Waals surface area (Å²) in [5, 5.41) is 0. The van der Waals surface area contributed by atoms with Crippen LogP contribution in [0.15, 0.2) is 42.5 Å². The molecule has 0 N–H and O–H groups in total. The number of methoxy groups -OCH3 is 1. The van der Waals surface area contributed by atoms with Crippen molar-refractivity contribution in [1.29, 1.82) is 0 Å². The van der Waals surface area contributed by atoms with Crippen molar-refractivity contribution >= 4 is 11.8 Å². The first-order chi connectivity index (χ1) is 13.0. The number of benzene rings is 2. The van der Waals surface area contributed by atoms with Gasteiger partial charge in [0.25, 0.3) is 11.8 Å². The highest BCUT2D eigenvalue weighted by molar-refractivity contribution is 5.97. The first-order valence-electron chi connectivity index (χ1n) is 9.29. The van der Waals surface area contributed by atoms with E-state index in [4.69, 9.17) is 4.74 Å². The van der Waals surface area contributed by atoms with Crippen molar-refractivity contribution in [2.75, 3.05) is 33.3 Å². The molecule has 2 aromatic carbocycles. The molecule has 0 bridgehead atoms. The van der Waals surface area contributed by atoms with Crippen LogP contribution in [0, 0.1) is 13.8 Å². The van der Waals surface area contributed by atoms with Crippen molar-refractivity contribution in [2.24, 2.45) is 0 Å². The highest BCUT2D eigenvalue weighted by atomic mass is 16.5. The van der Waals surface area contributed by atoms with Crippen LogP contribution < -0.4 is 4.74 Å². The Morgan fingerprint density at radius 3 is 2.19 bits per heavy atom. The van der Waals surface area contributed by atoms with Gasteiger partial charge in [0.15, 0.2) is 0 Å². The fourth-order valence-electron chi connectivity index (χ4n) is 3.44. The van der Waals surface area contributed by atoms with Gasteiger partial charge in [0, 0.05) is 31.7 Å². The lowest BCUT2D eigenvalue weighted by Crippen LogP contribution is -2.37. The van der Waals surface area contributed by atoms with E-state index in [0.717, 1.165) is 17.5 Å². The number of hydrogen-bond donors (Lipinski definition) is 0. The molecule has 2 aromatic rings. The molecule has 0 aromatic heterocycles. The summed E-state index contributed by atoms with van der Waals surface area (Å²) in [6.07, 6.45) is 0.761. The SMILES string of the molecule is COc1ccc(C)cc1C(=O)N1CCCN(C(=O)c2cccc(C)c2)CC1. The predicted octanol–water partition coefficient (Wildman–Crippen LogP) is 3.30. The molecule has 2 amide bonds. The average Bonchev–Trinajstić information content (AvgIpc) is 2.93. The molecular weight excluding hydrogens is 340 g/mol. The zero-order valence-corrected chi connectivity index (χ0v) is 16.2. The second-order valence-corrected chi connectivity index (χ2v) is 7.01. The topological polar surface area (TPSA) is 49.9 Å². The Labute approximate surface area is 160 Å². The highest BCUT2D eigenvalue weighted by Crippen LogP contribution is 2.22. The van der Waals surface area contributed by atoms with Gasteiger partial charge in [-0.2, -0.15) is 0 Å². The lowest BCUT2D eigenvalue weighted by molar-refractivity contribution is 0.0717. The van der Waals surface area contributed by atoms with Crippen molar-refractivity contribution in [3.8, 4) is 5.75 Å². The summed E-state index contributed by atoms with van der Waals surface area (Å²) in [4.78, 5) is 29.5. The van der Waals surface area contributed by atoms with Gasteiger partial charge in [-0.1, -0.05) is 29.3 Å². The zero-order valence-electron chi connectivity index (χ0n) is 16.2. The van der Waals surface area contributed by atoms with Crippen LogP contribution in [-0.4, -0.2) is 54.9 Å². The van der Waals surface area contributed by atoms with Crippen LogP contribution in [0.1, 0.15) is 38.3 Å². The van der Waals surface area contributed by atoms with Crippen LogP contribution in [0.3, 0.4) is 0 Å². The van der Waals surface area contributed by atoms with Crippen molar-refractivity contribution in [3.05, 3.63) is 64.7 Å². The Morgan fingerprint density at radius 1 is 0.852 bits per heavy atom. The molecule has 0 radical (unpaired) electrons. The van der Waals surface area contributed by atoms with Crippen LogP contribution in [0.5, 0.6) is 5.75 Å². The van der Waals surface area contributed by atoms with E-state index < -0.39 is 0 Å². The third kappa shape index (κ3) is 4.30. The zero-order chi connectivity index (χ0) is 19.4. The van der Waals surface area contributed by atoms with Gasteiger partial charge in [-0.05, 0) is 44.5 Å². The molecule has 3 rings (SSSR count). The molecule has 1 saturated heterocycles. The molecule has 0 atom stereocenters. The highest BCUT2D eigenvalue weighted by Gasteiger charge is 2.25. The van der Waals surface area contributed by atoms with Crippen molar-refractivity contribution in [3.63, 3.8) is 0 Å². The summed E-state index contributed by atoms with van der Waals surface area (Å²) in [5.74, 6) is 0.573. The summed E-state index contributed by atoms with van der Waals surface area (Å²) in [6.45, 7) is 6.28. The Balaban J connectivity index is 1.72.